The van der Waals surface area contributed by atoms with Gasteiger partial charge < -0.3 is 11.1 Å². The Hall–Kier alpha value is -1.82. The standard InChI is InChI=1S/C15H22N6/c1-20-8-12(7-17-20)18-14-9-21(13-4-10(5-13)6-16)19-15(14)11-2-3-11/h7-11,13,18H,2-6,16H2,1H3. The summed E-state index contributed by atoms with van der Waals surface area (Å²) in [4.78, 5) is 0. The molecule has 2 heterocycles. The van der Waals surface area contributed by atoms with Crippen molar-refractivity contribution in [2.75, 3.05) is 11.9 Å². The Bertz CT molecular complexity index is 632. The average Bonchev–Trinajstić information content (AvgIpc) is 3.06. The molecule has 0 saturated heterocycles. The van der Waals surface area contributed by atoms with Crippen LogP contribution in [0, 0.1) is 5.92 Å². The van der Waals surface area contributed by atoms with Gasteiger partial charge in [0.15, 0.2) is 0 Å². The van der Waals surface area contributed by atoms with Gasteiger partial charge in [-0.05, 0) is 38.1 Å². The van der Waals surface area contributed by atoms with E-state index in [-0.39, 0.29) is 0 Å². The Morgan fingerprint density at radius 2 is 2.14 bits per heavy atom. The largest absolute Gasteiger partial charge is 0.350 e. The van der Waals surface area contributed by atoms with Crippen LogP contribution < -0.4 is 11.1 Å². The van der Waals surface area contributed by atoms with E-state index in [1.165, 1.54) is 18.5 Å². The summed E-state index contributed by atoms with van der Waals surface area (Å²) in [7, 11) is 1.93. The molecule has 4 rings (SSSR count). The summed E-state index contributed by atoms with van der Waals surface area (Å²) in [5.74, 6) is 1.31. The van der Waals surface area contributed by atoms with Crippen molar-refractivity contribution < 1.29 is 0 Å². The lowest BCUT2D eigenvalue weighted by Gasteiger charge is -2.34. The van der Waals surface area contributed by atoms with Crippen molar-refractivity contribution in [3.8, 4) is 0 Å². The summed E-state index contributed by atoms with van der Waals surface area (Å²) in [6.45, 7) is 0.800. The minimum Gasteiger partial charge on any atom is -0.350 e. The lowest BCUT2D eigenvalue weighted by Crippen LogP contribution is -2.32. The van der Waals surface area contributed by atoms with Crippen LogP contribution in [0.15, 0.2) is 18.6 Å². The fraction of sp³-hybridized carbons (Fsp3) is 0.600. The summed E-state index contributed by atoms with van der Waals surface area (Å²) in [5, 5.41) is 12.5. The normalized spacial score (nSPS) is 24.9. The van der Waals surface area contributed by atoms with E-state index in [1.807, 2.05) is 19.4 Å². The van der Waals surface area contributed by atoms with Gasteiger partial charge in [0.1, 0.15) is 0 Å². The van der Waals surface area contributed by atoms with Gasteiger partial charge in [0.05, 0.1) is 29.3 Å². The minimum absolute atomic E-state index is 0.528. The molecular weight excluding hydrogens is 264 g/mol. The number of aryl methyl sites for hydroxylation is 1. The maximum absolute atomic E-state index is 5.72. The zero-order valence-corrected chi connectivity index (χ0v) is 12.4. The Labute approximate surface area is 124 Å². The maximum atomic E-state index is 5.72. The van der Waals surface area contributed by atoms with Gasteiger partial charge in [-0.2, -0.15) is 10.2 Å². The van der Waals surface area contributed by atoms with Crippen molar-refractivity contribution in [2.24, 2.45) is 18.7 Å². The highest BCUT2D eigenvalue weighted by atomic mass is 15.3. The third-order valence-corrected chi connectivity index (χ3v) is 4.63. The van der Waals surface area contributed by atoms with E-state index in [9.17, 15) is 0 Å². The SMILES string of the molecule is Cn1cc(Nc2cn(C3CC(CN)C3)nc2C2CC2)cn1. The van der Waals surface area contributed by atoms with E-state index < -0.39 is 0 Å². The van der Waals surface area contributed by atoms with Crippen molar-refractivity contribution >= 4 is 11.4 Å². The molecule has 112 valence electrons. The van der Waals surface area contributed by atoms with Crippen molar-refractivity contribution in [3.05, 3.63) is 24.3 Å². The molecule has 0 aliphatic heterocycles. The second-order valence-corrected chi connectivity index (χ2v) is 6.44. The third-order valence-electron chi connectivity index (χ3n) is 4.63. The van der Waals surface area contributed by atoms with Crippen LogP contribution in [0.3, 0.4) is 0 Å². The monoisotopic (exact) mass is 286 g/mol. The van der Waals surface area contributed by atoms with Crippen LogP contribution in [-0.4, -0.2) is 26.1 Å². The van der Waals surface area contributed by atoms with Gasteiger partial charge in [-0.1, -0.05) is 0 Å². The first-order valence-electron chi connectivity index (χ1n) is 7.77. The van der Waals surface area contributed by atoms with Crippen LogP contribution in [-0.2, 0) is 7.05 Å². The van der Waals surface area contributed by atoms with Crippen LogP contribution in [0.5, 0.6) is 0 Å². The quantitative estimate of drug-likeness (QED) is 0.883. The minimum atomic E-state index is 0.528. The first kappa shape index (κ1) is 12.9. The summed E-state index contributed by atoms with van der Waals surface area (Å²) in [5.41, 5.74) is 9.10. The number of nitrogens with two attached hydrogens (primary N) is 1. The number of rotatable bonds is 5. The predicted octanol–water partition coefficient (Wildman–Crippen LogP) is 2.15. The van der Waals surface area contributed by atoms with Crippen molar-refractivity contribution in [1.29, 1.82) is 0 Å². The van der Waals surface area contributed by atoms with E-state index in [4.69, 9.17) is 10.8 Å². The molecule has 2 aromatic rings. The summed E-state index contributed by atoms with van der Waals surface area (Å²) in [6, 6.07) is 0.528. The maximum Gasteiger partial charge on any atom is 0.0890 e. The fourth-order valence-corrected chi connectivity index (χ4v) is 3.10. The zero-order chi connectivity index (χ0) is 14.4. The molecule has 2 fully saturated rings. The second-order valence-electron chi connectivity index (χ2n) is 6.44. The molecule has 0 aromatic carbocycles. The number of hydrogen-bond acceptors (Lipinski definition) is 4. The van der Waals surface area contributed by atoms with Gasteiger partial charge in [0, 0.05) is 25.4 Å². The van der Waals surface area contributed by atoms with Crippen LogP contribution in [0.25, 0.3) is 0 Å². The molecule has 2 aliphatic rings. The number of aromatic nitrogens is 4. The van der Waals surface area contributed by atoms with E-state index in [0.717, 1.165) is 30.8 Å². The molecule has 0 amide bonds. The predicted molar refractivity (Wildman–Crippen MR) is 81.5 cm³/mol. The molecule has 21 heavy (non-hydrogen) atoms. The van der Waals surface area contributed by atoms with E-state index in [0.29, 0.717) is 17.9 Å². The molecule has 0 radical (unpaired) electrons. The highest BCUT2D eigenvalue weighted by Crippen LogP contribution is 2.45. The Morgan fingerprint density at radius 1 is 1.33 bits per heavy atom. The van der Waals surface area contributed by atoms with Crippen LogP contribution in [0.1, 0.15) is 43.3 Å². The van der Waals surface area contributed by atoms with Gasteiger partial charge in [-0.25, -0.2) is 0 Å². The summed E-state index contributed by atoms with van der Waals surface area (Å²) < 4.78 is 3.96. The molecule has 0 unspecified atom stereocenters. The third kappa shape index (κ3) is 2.44. The van der Waals surface area contributed by atoms with Crippen molar-refractivity contribution in [2.45, 2.75) is 37.6 Å². The molecule has 2 aliphatic carbocycles. The number of anilines is 2. The smallest absolute Gasteiger partial charge is 0.0890 e. The molecule has 3 N–H and O–H groups in total. The molecule has 2 aromatic heterocycles. The Balaban J connectivity index is 1.56. The first-order valence-corrected chi connectivity index (χ1v) is 7.77. The molecular formula is C15H22N6. The Morgan fingerprint density at radius 3 is 2.76 bits per heavy atom. The van der Waals surface area contributed by atoms with Gasteiger partial charge >= 0.3 is 0 Å². The summed E-state index contributed by atoms with van der Waals surface area (Å²) >= 11 is 0. The Kier molecular flexibility index (Phi) is 2.99. The number of nitrogens with zero attached hydrogens (tertiary/aromatic N) is 4. The topological polar surface area (TPSA) is 73.7 Å². The van der Waals surface area contributed by atoms with Crippen LogP contribution in [0.4, 0.5) is 11.4 Å². The van der Waals surface area contributed by atoms with Gasteiger partial charge in [0.2, 0.25) is 0 Å². The lowest BCUT2D eigenvalue weighted by molar-refractivity contribution is 0.189. The fourth-order valence-electron chi connectivity index (χ4n) is 3.10. The number of nitrogens with one attached hydrogen (secondary N) is 1. The number of hydrogen-bond donors (Lipinski definition) is 2. The van der Waals surface area contributed by atoms with Crippen molar-refractivity contribution in [1.82, 2.24) is 19.6 Å². The molecule has 6 heteroatoms. The molecule has 6 nitrogen and oxygen atoms in total. The average molecular weight is 286 g/mol. The summed E-state index contributed by atoms with van der Waals surface area (Å²) in [6.07, 6.45) is 10.8. The highest BCUT2D eigenvalue weighted by Gasteiger charge is 2.34. The van der Waals surface area contributed by atoms with Crippen LogP contribution >= 0.6 is 0 Å². The van der Waals surface area contributed by atoms with Gasteiger partial charge in [-0.3, -0.25) is 9.36 Å². The highest BCUT2D eigenvalue weighted by molar-refractivity contribution is 5.61. The van der Waals surface area contributed by atoms with E-state index in [2.05, 4.69) is 21.3 Å². The van der Waals surface area contributed by atoms with E-state index >= 15 is 0 Å². The van der Waals surface area contributed by atoms with Crippen molar-refractivity contribution in [3.63, 3.8) is 0 Å². The molecule has 0 bridgehead atoms. The zero-order valence-electron chi connectivity index (χ0n) is 12.4. The van der Waals surface area contributed by atoms with Crippen LogP contribution in [0.2, 0.25) is 0 Å². The van der Waals surface area contributed by atoms with E-state index in [1.54, 1.807) is 4.68 Å². The van der Waals surface area contributed by atoms with Gasteiger partial charge in [-0.15, -0.1) is 0 Å². The molecule has 2 saturated carbocycles. The molecule has 0 spiro atoms. The van der Waals surface area contributed by atoms with Gasteiger partial charge in [0.25, 0.3) is 0 Å². The lowest BCUT2D eigenvalue weighted by atomic mass is 9.80. The molecule has 0 atom stereocenters. The first-order chi connectivity index (χ1) is 10.2. The second kappa shape index (κ2) is 4.87.